The van der Waals surface area contributed by atoms with Crippen molar-refractivity contribution in [3.8, 4) is 11.3 Å². The molecule has 0 fully saturated rings. The van der Waals surface area contributed by atoms with Crippen molar-refractivity contribution in [2.24, 2.45) is 11.8 Å². The molecule has 0 amide bonds. The van der Waals surface area contributed by atoms with Crippen molar-refractivity contribution in [2.45, 2.75) is 98.8 Å². The molecule has 0 saturated carbocycles. The fraction of sp³-hybridized carbons (Fsp3) is 0.486. The molecule has 1 aliphatic rings. The van der Waals surface area contributed by atoms with Crippen LogP contribution < -0.4 is 0 Å². The fourth-order valence-electron chi connectivity index (χ4n) is 5.93. The van der Waals surface area contributed by atoms with E-state index in [-0.39, 0.29) is 54.3 Å². The van der Waals surface area contributed by atoms with E-state index in [0.29, 0.717) is 0 Å². The van der Waals surface area contributed by atoms with Crippen molar-refractivity contribution in [2.75, 3.05) is 0 Å². The Labute approximate surface area is 249 Å². The smallest absolute Gasteiger partial charge is 0.162 e. The first-order valence-corrected chi connectivity index (χ1v) is 14.3. The van der Waals surface area contributed by atoms with Crippen LogP contribution in [0, 0.1) is 24.8 Å². The van der Waals surface area contributed by atoms with Gasteiger partial charge in [0.2, 0.25) is 0 Å². The predicted molar refractivity (Wildman–Crippen MR) is 161 cm³/mol. The number of carbonyl (C=O) groups excluding carboxylic acids is 1. The van der Waals surface area contributed by atoms with Crippen molar-refractivity contribution in [1.82, 2.24) is 4.98 Å². The number of ketones is 1. The van der Waals surface area contributed by atoms with Crippen LogP contribution in [0.2, 0.25) is 0 Å². The van der Waals surface area contributed by atoms with Gasteiger partial charge in [0.25, 0.3) is 0 Å². The molecule has 1 N–H and O–H groups in total. The van der Waals surface area contributed by atoms with E-state index in [1.54, 1.807) is 0 Å². The number of fused-ring (bicyclic) bond motifs is 4. The maximum atomic E-state index is 11.7. The number of aliphatic hydroxyl groups is 1. The van der Waals surface area contributed by atoms with Gasteiger partial charge in [0.15, 0.2) is 5.78 Å². The molecule has 0 bridgehead atoms. The van der Waals surface area contributed by atoms with Crippen molar-refractivity contribution < 1.29 is 30.0 Å². The first-order chi connectivity index (χ1) is 18.0. The Morgan fingerprint density at radius 3 is 2.10 bits per heavy atom. The third-order valence-electron chi connectivity index (χ3n) is 9.20. The Balaban J connectivity index is 0.000000294. The van der Waals surface area contributed by atoms with Crippen LogP contribution >= 0.6 is 0 Å². The molecule has 0 atom stereocenters. The number of aryl methyl sites for hydroxylation is 1. The number of nitrogens with zero attached hydrogens (tertiary/aromatic N) is 1. The van der Waals surface area contributed by atoms with Gasteiger partial charge in [-0.1, -0.05) is 103 Å². The first kappa shape index (κ1) is 32.9. The van der Waals surface area contributed by atoms with Crippen molar-refractivity contribution in [3.63, 3.8) is 0 Å². The molecule has 1 aromatic heterocycles. The summed E-state index contributed by atoms with van der Waals surface area (Å²) in [7, 11) is 0. The average Bonchev–Trinajstić information content (AvgIpc) is 2.89. The summed E-state index contributed by atoms with van der Waals surface area (Å²) in [5, 5.41) is 12.2. The summed E-state index contributed by atoms with van der Waals surface area (Å²) in [4.78, 5) is 16.5. The van der Waals surface area contributed by atoms with Crippen molar-refractivity contribution in [3.05, 3.63) is 77.2 Å². The van der Waals surface area contributed by atoms with Crippen LogP contribution in [0.25, 0.3) is 22.0 Å². The molecule has 4 rings (SSSR count). The molecule has 39 heavy (non-hydrogen) atoms. The van der Waals surface area contributed by atoms with Gasteiger partial charge in [0, 0.05) is 49.9 Å². The molecule has 0 unspecified atom stereocenters. The van der Waals surface area contributed by atoms with Crippen LogP contribution in [0.5, 0.6) is 0 Å². The number of hydrogen-bond donors (Lipinski definition) is 1. The van der Waals surface area contributed by atoms with E-state index in [9.17, 15) is 9.90 Å². The third kappa shape index (κ3) is 6.23. The van der Waals surface area contributed by atoms with Gasteiger partial charge in [-0.05, 0) is 48.1 Å². The SMILES string of the molecule is CCC(CC)C(=O)/C=C(\O)C(CC)CC.Cc1c2c([c-]c3ccccc13)-c1ncccc1C(C)(C)C2(C)C.[Ir]. The zero-order valence-corrected chi connectivity index (χ0v) is 27.6. The molecule has 3 aromatic rings. The largest absolute Gasteiger partial charge is 0.512 e. The maximum absolute atomic E-state index is 11.7. The van der Waals surface area contributed by atoms with E-state index >= 15 is 0 Å². The van der Waals surface area contributed by atoms with E-state index in [1.165, 1.54) is 39.1 Å². The zero-order valence-electron chi connectivity index (χ0n) is 25.2. The number of carbonyl (C=O) groups is 1. The number of aliphatic hydroxyl groups excluding tert-OH is 1. The minimum atomic E-state index is 0. The van der Waals surface area contributed by atoms with Crippen LogP contribution in [-0.4, -0.2) is 15.9 Å². The van der Waals surface area contributed by atoms with Crippen LogP contribution in [0.4, 0.5) is 0 Å². The Kier molecular flexibility index (Phi) is 11.3. The summed E-state index contributed by atoms with van der Waals surface area (Å²) in [6, 6.07) is 16.5. The summed E-state index contributed by atoms with van der Waals surface area (Å²) >= 11 is 0. The molecule has 1 aliphatic carbocycles. The van der Waals surface area contributed by atoms with Gasteiger partial charge in [-0.2, -0.15) is 0 Å². The van der Waals surface area contributed by atoms with Gasteiger partial charge < -0.3 is 5.11 Å². The van der Waals surface area contributed by atoms with Crippen LogP contribution in [0.15, 0.2) is 54.4 Å². The molecule has 213 valence electrons. The molecular formula is C35H46IrNO2-. The standard InChI is InChI=1S/C22H22N.C13H24O2.Ir/c1-14-16-10-7-6-9-15(16)13-17-19(14)22(4,5)21(2,3)18-11-8-12-23-20(17)18;1-5-10(6-2)12(14)9-13(15)11(7-3)8-4;/h6-12H,1-5H3;9-11,14H,5-8H2,1-4H3;/q-1;;/b;12-9-;. The van der Waals surface area contributed by atoms with Crippen molar-refractivity contribution in [1.29, 1.82) is 0 Å². The first-order valence-electron chi connectivity index (χ1n) is 14.3. The fourth-order valence-corrected chi connectivity index (χ4v) is 5.93. The van der Waals surface area contributed by atoms with Crippen LogP contribution in [0.1, 0.15) is 97.8 Å². The van der Waals surface area contributed by atoms with E-state index in [1.807, 2.05) is 33.9 Å². The van der Waals surface area contributed by atoms with Crippen LogP contribution in [-0.2, 0) is 35.7 Å². The summed E-state index contributed by atoms with van der Waals surface area (Å²) in [5.74, 6) is 0.547. The van der Waals surface area contributed by atoms with E-state index in [0.717, 1.165) is 31.4 Å². The second-order valence-electron chi connectivity index (χ2n) is 11.7. The van der Waals surface area contributed by atoms with Gasteiger partial charge in [-0.25, -0.2) is 0 Å². The van der Waals surface area contributed by atoms with Gasteiger partial charge >= 0.3 is 0 Å². The molecule has 2 aromatic carbocycles. The summed E-state index contributed by atoms with van der Waals surface area (Å²) in [5.41, 5.74) is 6.40. The molecular weight excluding hydrogens is 659 g/mol. The number of rotatable bonds is 7. The zero-order chi connectivity index (χ0) is 28.3. The van der Waals surface area contributed by atoms with Gasteiger partial charge in [0.05, 0.1) is 5.76 Å². The third-order valence-corrected chi connectivity index (χ3v) is 9.20. The summed E-state index contributed by atoms with van der Waals surface area (Å²) in [6.07, 6.45) is 6.80. The second-order valence-corrected chi connectivity index (χ2v) is 11.7. The van der Waals surface area contributed by atoms with E-state index in [4.69, 9.17) is 4.98 Å². The van der Waals surface area contributed by atoms with Gasteiger partial charge in [0.1, 0.15) is 0 Å². The Morgan fingerprint density at radius 2 is 1.51 bits per heavy atom. The molecule has 4 heteroatoms. The number of aromatic nitrogens is 1. The summed E-state index contributed by atoms with van der Waals surface area (Å²) in [6.45, 7) is 19.7. The quantitative estimate of drug-likeness (QED) is 0.152. The monoisotopic (exact) mass is 705 g/mol. The Morgan fingerprint density at radius 1 is 0.923 bits per heavy atom. The maximum Gasteiger partial charge on any atom is 0.162 e. The van der Waals surface area contributed by atoms with E-state index in [2.05, 4.69) is 77.1 Å². The Bertz CT molecular complexity index is 1310. The van der Waals surface area contributed by atoms with Crippen LogP contribution in [0.3, 0.4) is 0 Å². The minimum Gasteiger partial charge on any atom is -0.512 e. The molecule has 1 heterocycles. The van der Waals surface area contributed by atoms with Gasteiger partial charge in [-0.15, -0.1) is 23.1 Å². The van der Waals surface area contributed by atoms with Gasteiger partial charge in [-0.3, -0.25) is 9.78 Å². The number of pyridine rings is 1. The molecule has 0 aliphatic heterocycles. The number of benzene rings is 2. The van der Waals surface area contributed by atoms with Crippen molar-refractivity contribution >= 4 is 16.6 Å². The number of allylic oxidation sites excluding steroid dienone is 2. The average molecular weight is 705 g/mol. The van der Waals surface area contributed by atoms with E-state index < -0.39 is 0 Å². The number of hydrogen-bond acceptors (Lipinski definition) is 3. The predicted octanol–water partition coefficient (Wildman–Crippen LogP) is 9.45. The normalized spacial score (nSPS) is 15.2. The summed E-state index contributed by atoms with van der Waals surface area (Å²) < 4.78 is 0. The molecule has 1 radical (unpaired) electrons. The molecule has 0 saturated heterocycles. The second kappa shape index (κ2) is 13.4. The minimum absolute atomic E-state index is 0. The topological polar surface area (TPSA) is 50.2 Å². The molecule has 3 nitrogen and oxygen atoms in total. The molecule has 0 spiro atoms. The Hall–Kier alpha value is -2.29.